The van der Waals surface area contributed by atoms with Crippen LogP contribution in [0.4, 0.5) is 0 Å². The lowest BCUT2D eigenvalue weighted by molar-refractivity contribution is -0.145. The Morgan fingerprint density at radius 2 is 1.88 bits per heavy atom. The van der Waals surface area contributed by atoms with Gasteiger partial charge < -0.3 is 19.7 Å². The highest BCUT2D eigenvalue weighted by Crippen LogP contribution is 2.18. The van der Waals surface area contributed by atoms with Gasteiger partial charge in [-0.1, -0.05) is 0 Å². The van der Waals surface area contributed by atoms with E-state index in [4.69, 9.17) is 9.47 Å². The van der Waals surface area contributed by atoms with Crippen LogP contribution in [-0.4, -0.2) is 86.3 Å². The molecule has 1 saturated heterocycles. The maximum atomic E-state index is 12.3. The van der Waals surface area contributed by atoms with Crippen LogP contribution in [0.25, 0.3) is 0 Å². The molecule has 0 bridgehead atoms. The molecule has 1 saturated carbocycles. The van der Waals surface area contributed by atoms with Crippen LogP contribution in [-0.2, 0) is 19.1 Å². The molecule has 0 radical (unpaired) electrons. The molecule has 1 aliphatic heterocycles. The highest BCUT2D eigenvalue weighted by atomic mass is 16.5. The summed E-state index contributed by atoms with van der Waals surface area (Å²) in [6.45, 7) is 9.13. The van der Waals surface area contributed by atoms with Crippen LogP contribution in [0, 0.1) is 0 Å². The van der Waals surface area contributed by atoms with Crippen molar-refractivity contribution in [2.24, 2.45) is 0 Å². The quantitative estimate of drug-likeness (QED) is 0.577. The Hall–Kier alpha value is -1.18. The average molecular weight is 341 g/mol. The number of nitrogens with one attached hydrogen (secondary N) is 1. The summed E-state index contributed by atoms with van der Waals surface area (Å²) in [7, 11) is 0. The third-order valence-electron chi connectivity index (χ3n) is 4.43. The minimum absolute atomic E-state index is 0.0395. The summed E-state index contributed by atoms with van der Waals surface area (Å²) < 4.78 is 10.7. The first-order valence-electron chi connectivity index (χ1n) is 9.10. The molecule has 1 heterocycles. The summed E-state index contributed by atoms with van der Waals surface area (Å²) in [6, 6.07) is 0.427. The van der Waals surface area contributed by atoms with E-state index in [1.165, 1.54) is 0 Å². The minimum atomic E-state index is -0.429. The number of rotatable bonds is 10. The molecule has 138 valence electrons. The zero-order valence-corrected chi connectivity index (χ0v) is 15.0. The van der Waals surface area contributed by atoms with Crippen LogP contribution in [0.3, 0.4) is 0 Å². The Morgan fingerprint density at radius 1 is 1.17 bits per heavy atom. The van der Waals surface area contributed by atoms with Crippen molar-refractivity contribution >= 4 is 11.8 Å². The first kappa shape index (κ1) is 19.1. The standard InChI is InChI=1S/C17H31N3O4/c1-3-23-12-13-24-14(2)17(22)20-10-8-19(9-11-20)7-6-16(21)18-15-4-5-15/h14-15H,3-13H2,1-2H3,(H,18,21)/t14-/m1/s1. The fourth-order valence-electron chi connectivity index (χ4n) is 2.74. The Morgan fingerprint density at radius 3 is 2.50 bits per heavy atom. The number of hydrogen-bond donors (Lipinski definition) is 1. The molecule has 2 amide bonds. The molecule has 2 rings (SSSR count). The average Bonchev–Trinajstić information content (AvgIpc) is 3.40. The van der Waals surface area contributed by atoms with E-state index < -0.39 is 6.10 Å². The second kappa shape index (κ2) is 9.96. The Labute approximate surface area is 144 Å². The van der Waals surface area contributed by atoms with Gasteiger partial charge in [0.2, 0.25) is 5.91 Å². The van der Waals surface area contributed by atoms with Crippen LogP contribution in [0.1, 0.15) is 33.1 Å². The van der Waals surface area contributed by atoms with Crippen molar-refractivity contribution < 1.29 is 19.1 Å². The van der Waals surface area contributed by atoms with Gasteiger partial charge in [0.05, 0.1) is 13.2 Å². The van der Waals surface area contributed by atoms with Crippen molar-refractivity contribution in [3.63, 3.8) is 0 Å². The van der Waals surface area contributed by atoms with Gasteiger partial charge in [-0.05, 0) is 26.7 Å². The molecule has 24 heavy (non-hydrogen) atoms. The van der Waals surface area contributed by atoms with Gasteiger partial charge in [-0.3, -0.25) is 14.5 Å². The molecule has 0 unspecified atom stereocenters. The Kier molecular flexibility index (Phi) is 7.94. The molecule has 7 heteroatoms. The van der Waals surface area contributed by atoms with Gasteiger partial charge in [0.15, 0.2) is 0 Å². The largest absolute Gasteiger partial charge is 0.379 e. The van der Waals surface area contributed by atoms with E-state index in [1.54, 1.807) is 6.92 Å². The number of hydrogen-bond acceptors (Lipinski definition) is 5. The number of carbonyl (C=O) groups is 2. The number of carbonyl (C=O) groups excluding carboxylic acids is 2. The van der Waals surface area contributed by atoms with Gasteiger partial charge in [-0.15, -0.1) is 0 Å². The molecular formula is C17H31N3O4. The maximum absolute atomic E-state index is 12.3. The number of nitrogens with zero attached hydrogens (tertiary/aromatic N) is 2. The Bertz CT molecular complexity index is 407. The number of ether oxygens (including phenoxy) is 2. The first-order valence-corrected chi connectivity index (χ1v) is 9.10. The third kappa shape index (κ3) is 6.75. The van der Waals surface area contributed by atoms with Crippen molar-refractivity contribution in [1.82, 2.24) is 15.1 Å². The summed E-state index contributed by atoms with van der Waals surface area (Å²) in [5.41, 5.74) is 0. The molecule has 0 spiro atoms. The summed E-state index contributed by atoms with van der Waals surface area (Å²) in [6.07, 6.45) is 2.36. The zero-order valence-electron chi connectivity index (χ0n) is 15.0. The fraction of sp³-hybridized carbons (Fsp3) is 0.882. The van der Waals surface area contributed by atoms with Gasteiger partial charge >= 0.3 is 0 Å². The van der Waals surface area contributed by atoms with Crippen molar-refractivity contribution in [2.75, 3.05) is 52.5 Å². The third-order valence-corrected chi connectivity index (χ3v) is 4.43. The van der Waals surface area contributed by atoms with Gasteiger partial charge in [0, 0.05) is 51.8 Å². The van der Waals surface area contributed by atoms with Crippen LogP contribution in [0.5, 0.6) is 0 Å². The van der Waals surface area contributed by atoms with E-state index in [1.807, 2.05) is 11.8 Å². The predicted molar refractivity (Wildman–Crippen MR) is 90.7 cm³/mol. The highest BCUT2D eigenvalue weighted by Gasteiger charge is 2.26. The molecule has 1 atom stereocenters. The van der Waals surface area contributed by atoms with Crippen molar-refractivity contribution in [3.05, 3.63) is 0 Å². The molecule has 0 aromatic rings. The van der Waals surface area contributed by atoms with E-state index in [0.717, 1.165) is 32.5 Å². The van der Waals surface area contributed by atoms with Gasteiger partial charge in [0.25, 0.3) is 5.91 Å². The molecule has 7 nitrogen and oxygen atoms in total. The van der Waals surface area contributed by atoms with E-state index in [-0.39, 0.29) is 11.8 Å². The van der Waals surface area contributed by atoms with E-state index in [0.29, 0.717) is 45.4 Å². The second-order valence-electron chi connectivity index (χ2n) is 6.47. The van der Waals surface area contributed by atoms with Crippen LogP contribution in [0.15, 0.2) is 0 Å². The normalized spacial score (nSPS) is 20.0. The van der Waals surface area contributed by atoms with Crippen molar-refractivity contribution in [3.8, 4) is 0 Å². The number of amides is 2. The molecule has 1 aliphatic carbocycles. The zero-order chi connectivity index (χ0) is 17.4. The fourth-order valence-corrected chi connectivity index (χ4v) is 2.74. The van der Waals surface area contributed by atoms with Gasteiger partial charge in [-0.2, -0.15) is 0 Å². The summed E-state index contributed by atoms with van der Waals surface area (Å²) in [5, 5.41) is 3.01. The first-order chi connectivity index (χ1) is 11.6. The molecule has 2 fully saturated rings. The summed E-state index contributed by atoms with van der Waals surface area (Å²) >= 11 is 0. The monoisotopic (exact) mass is 341 g/mol. The lowest BCUT2D eigenvalue weighted by Gasteiger charge is -2.35. The Balaban J connectivity index is 1.58. The topological polar surface area (TPSA) is 71.1 Å². The highest BCUT2D eigenvalue weighted by molar-refractivity contribution is 5.80. The molecule has 2 aliphatic rings. The summed E-state index contributed by atoms with van der Waals surface area (Å²) in [4.78, 5) is 28.2. The van der Waals surface area contributed by atoms with E-state index >= 15 is 0 Å². The lowest BCUT2D eigenvalue weighted by atomic mass is 10.2. The lowest BCUT2D eigenvalue weighted by Crippen LogP contribution is -2.51. The molecular weight excluding hydrogens is 310 g/mol. The smallest absolute Gasteiger partial charge is 0.251 e. The van der Waals surface area contributed by atoms with Crippen LogP contribution in [0.2, 0.25) is 0 Å². The predicted octanol–water partition coefficient (Wildman–Crippen LogP) is 0.241. The molecule has 1 N–H and O–H groups in total. The molecule has 0 aromatic heterocycles. The van der Waals surface area contributed by atoms with E-state index in [9.17, 15) is 9.59 Å². The van der Waals surface area contributed by atoms with Crippen LogP contribution >= 0.6 is 0 Å². The number of piperazine rings is 1. The SMILES string of the molecule is CCOCCO[C@H](C)C(=O)N1CCN(CCC(=O)NC2CC2)CC1. The second-order valence-corrected chi connectivity index (χ2v) is 6.47. The van der Waals surface area contributed by atoms with Crippen molar-refractivity contribution in [2.45, 2.75) is 45.3 Å². The van der Waals surface area contributed by atoms with Gasteiger partial charge in [-0.25, -0.2) is 0 Å². The minimum Gasteiger partial charge on any atom is -0.379 e. The molecule has 0 aromatic carbocycles. The van der Waals surface area contributed by atoms with Gasteiger partial charge in [0.1, 0.15) is 6.10 Å². The van der Waals surface area contributed by atoms with Crippen molar-refractivity contribution in [1.29, 1.82) is 0 Å². The van der Waals surface area contributed by atoms with Crippen LogP contribution < -0.4 is 5.32 Å². The van der Waals surface area contributed by atoms with E-state index in [2.05, 4.69) is 10.2 Å². The maximum Gasteiger partial charge on any atom is 0.251 e. The summed E-state index contributed by atoms with van der Waals surface area (Å²) in [5.74, 6) is 0.185.